The monoisotopic (exact) mass is 733 g/mol. The third-order valence-corrected chi connectivity index (χ3v) is 14.4. The standard InChI is InChI=1S/C44H57ClFNO5/c1-4-52-41(50)47(26-43-23-30-17-31(24-43)19-32(18-30)25-43)27-44(51)16-14-37-34-13-11-29(20-33(48)12-10-28(2)7-6-15-42(37,44)3)21-35(34)40(49)22-36-38(45)8-5-9-39(36)46/h5,7-9,11,13,21,30-33,37,48,51H,4,6,10,12,14-20,22-27H2,1-3H3. The summed E-state index contributed by atoms with van der Waals surface area (Å²) in [5.41, 5.74) is 1.67. The van der Waals surface area contributed by atoms with Gasteiger partial charge in [-0.15, -0.1) is 0 Å². The highest BCUT2D eigenvalue weighted by Crippen LogP contribution is 2.62. The van der Waals surface area contributed by atoms with Gasteiger partial charge in [0.25, 0.3) is 0 Å². The van der Waals surface area contributed by atoms with Crippen LogP contribution in [-0.2, 0) is 17.6 Å². The third kappa shape index (κ3) is 7.36. The summed E-state index contributed by atoms with van der Waals surface area (Å²) in [6.07, 6.45) is 12.7. The zero-order valence-electron chi connectivity index (χ0n) is 31.3. The van der Waals surface area contributed by atoms with Crippen molar-refractivity contribution in [1.82, 2.24) is 4.90 Å². The number of aliphatic hydroxyl groups is 2. The number of allylic oxidation sites excluding steroid dienone is 2. The van der Waals surface area contributed by atoms with Gasteiger partial charge in [0.1, 0.15) is 5.82 Å². The lowest BCUT2D eigenvalue weighted by molar-refractivity contribution is -0.103. The smallest absolute Gasteiger partial charge is 0.409 e. The molecule has 9 rings (SSSR count). The summed E-state index contributed by atoms with van der Waals surface area (Å²) in [5, 5.41) is 24.3. The van der Waals surface area contributed by atoms with Crippen molar-refractivity contribution in [2.75, 3.05) is 19.7 Å². The number of ketones is 1. The van der Waals surface area contributed by atoms with E-state index < -0.39 is 22.9 Å². The predicted molar refractivity (Wildman–Crippen MR) is 202 cm³/mol. The normalized spacial score (nSPS) is 34.1. The van der Waals surface area contributed by atoms with Crippen LogP contribution in [0.1, 0.15) is 131 Å². The van der Waals surface area contributed by atoms with Crippen LogP contribution in [0, 0.1) is 34.4 Å². The Morgan fingerprint density at radius 3 is 2.40 bits per heavy atom. The summed E-state index contributed by atoms with van der Waals surface area (Å²) in [6.45, 7) is 7.16. The van der Waals surface area contributed by atoms with Crippen LogP contribution in [0.4, 0.5) is 9.18 Å². The molecule has 7 aliphatic rings. The zero-order chi connectivity index (χ0) is 36.8. The maximum atomic E-state index is 15.0. The van der Waals surface area contributed by atoms with Gasteiger partial charge in [-0.25, -0.2) is 9.18 Å². The Balaban J connectivity index is 1.26. The second-order valence-corrected chi connectivity index (χ2v) is 18.1. The molecule has 1 amide bonds. The van der Waals surface area contributed by atoms with E-state index in [1.54, 1.807) is 6.07 Å². The van der Waals surface area contributed by atoms with Crippen molar-refractivity contribution in [3.8, 4) is 0 Å². The second-order valence-electron chi connectivity index (χ2n) is 17.7. The Hall–Kier alpha value is -2.74. The van der Waals surface area contributed by atoms with Crippen molar-refractivity contribution in [2.45, 2.75) is 128 Å². The van der Waals surface area contributed by atoms with Crippen LogP contribution in [-0.4, -0.2) is 58.4 Å². The second kappa shape index (κ2) is 14.8. The Kier molecular flexibility index (Phi) is 10.7. The van der Waals surface area contributed by atoms with E-state index in [4.69, 9.17) is 16.3 Å². The number of carbonyl (C=O) groups is 2. The first kappa shape index (κ1) is 37.6. The van der Waals surface area contributed by atoms with Gasteiger partial charge < -0.3 is 19.8 Å². The lowest BCUT2D eigenvalue weighted by Crippen LogP contribution is -2.58. The molecule has 0 radical (unpaired) electrons. The highest BCUT2D eigenvalue weighted by molar-refractivity contribution is 6.31. The molecule has 6 nitrogen and oxygen atoms in total. The van der Waals surface area contributed by atoms with Gasteiger partial charge in [0.2, 0.25) is 0 Å². The van der Waals surface area contributed by atoms with Crippen molar-refractivity contribution >= 4 is 23.5 Å². The van der Waals surface area contributed by atoms with E-state index in [1.165, 1.54) is 37.0 Å². The van der Waals surface area contributed by atoms with Gasteiger partial charge in [-0.1, -0.05) is 48.4 Å². The number of ether oxygens (including phenoxy) is 1. The molecule has 0 aromatic heterocycles. The fourth-order valence-corrected chi connectivity index (χ4v) is 12.0. The van der Waals surface area contributed by atoms with E-state index in [0.717, 1.165) is 61.0 Å². The molecular weight excluding hydrogens is 677 g/mol. The van der Waals surface area contributed by atoms with E-state index in [-0.39, 0.29) is 53.4 Å². The number of amides is 1. The lowest BCUT2D eigenvalue weighted by Gasteiger charge is -2.58. The molecular formula is C44H57ClFNO5. The number of nitrogens with zero attached hydrogens (tertiary/aromatic N) is 1. The molecule has 2 aromatic rings. The average molecular weight is 734 g/mol. The SMILES string of the molecule is CCOC(=O)N(CC12CC3CC(CC(C3)C1)C2)CC1(O)CCC2c3ccc(cc3C(=O)Cc3c(F)cccc3Cl)CC(O)CCC(C)=CCCC21C. The highest BCUT2D eigenvalue weighted by atomic mass is 35.5. The van der Waals surface area contributed by atoms with Gasteiger partial charge in [-0.2, -0.15) is 0 Å². The van der Waals surface area contributed by atoms with Crippen molar-refractivity contribution in [3.63, 3.8) is 0 Å². The Morgan fingerprint density at radius 1 is 1.02 bits per heavy atom. The summed E-state index contributed by atoms with van der Waals surface area (Å²) in [4.78, 5) is 30.0. The first-order valence-corrected chi connectivity index (χ1v) is 20.2. The molecule has 5 saturated carbocycles. The number of hydrogen-bond donors (Lipinski definition) is 2. The number of carbonyl (C=O) groups excluding carboxylic acids is 2. The molecule has 0 saturated heterocycles. The van der Waals surface area contributed by atoms with Crippen molar-refractivity contribution in [3.05, 3.63) is 81.1 Å². The van der Waals surface area contributed by atoms with Gasteiger partial charge in [0, 0.05) is 34.5 Å². The Bertz CT molecular complexity index is 1650. The molecule has 4 unspecified atom stereocenters. The fourth-order valence-electron chi connectivity index (χ4n) is 11.8. The summed E-state index contributed by atoms with van der Waals surface area (Å²) >= 11 is 6.41. The number of hydrogen-bond acceptors (Lipinski definition) is 5. The summed E-state index contributed by atoms with van der Waals surface area (Å²) in [5.74, 6) is 1.25. The molecule has 0 heterocycles. The van der Waals surface area contributed by atoms with Gasteiger partial charge >= 0.3 is 6.09 Å². The Morgan fingerprint density at radius 2 is 1.73 bits per heavy atom. The van der Waals surface area contributed by atoms with Crippen LogP contribution in [0.15, 0.2) is 48.0 Å². The molecule has 0 spiro atoms. The number of aliphatic hydroxyl groups excluding tert-OH is 1. The van der Waals surface area contributed by atoms with Crippen LogP contribution in [0.5, 0.6) is 0 Å². The maximum Gasteiger partial charge on any atom is 0.409 e. The summed E-state index contributed by atoms with van der Waals surface area (Å²) in [7, 11) is 0. The van der Waals surface area contributed by atoms with E-state index in [9.17, 15) is 24.2 Å². The van der Waals surface area contributed by atoms with Gasteiger partial charge in [-0.3, -0.25) is 4.79 Å². The predicted octanol–water partition coefficient (Wildman–Crippen LogP) is 9.62. The minimum absolute atomic E-state index is 0.0772. The quantitative estimate of drug-likeness (QED) is 0.209. The van der Waals surface area contributed by atoms with Gasteiger partial charge in [0.05, 0.1) is 24.9 Å². The molecule has 5 fully saturated rings. The van der Waals surface area contributed by atoms with Crippen LogP contribution in [0.2, 0.25) is 5.02 Å². The van der Waals surface area contributed by atoms with Crippen LogP contribution in [0.25, 0.3) is 0 Å². The van der Waals surface area contributed by atoms with E-state index >= 15 is 0 Å². The molecule has 6 bridgehead atoms. The highest BCUT2D eigenvalue weighted by Gasteiger charge is 2.59. The minimum Gasteiger partial charge on any atom is -0.450 e. The molecule has 0 aliphatic heterocycles. The third-order valence-electron chi connectivity index (χ3n) is 14.0. The van der Waals surface area contributed by atoms with E-state index in [2.05, 4.69) is 19.9 Å². The number of Topliss-reactive ketones (excluding diaryl/α,β-unsaturated/α-hetero) is 1. The Labute approximate surface area is 314 Å². The minimum atomic E-state index is -1.24. The number of halogens is 2. The molecule has 282 valence electrons. The van der Waals surface area contributed by atoms with E-state index in [0.29, 0.717) is 44.2 Å². The maximum absolute atomic E-state index is 15.0. The van der Waals surface area contributed by atoms with Crippen molar-refractivity contribution in [1.29, 1.82) is 0 Å². The molecule has 2 aromatic carbocycles. The van der Waals surface area contributed by atoms with Gasteiger partial charge in [-0.05, 0) is 156 Å². The first-order valence-electron chi connectivity index (χ1n) is 19.9. The molecule has 7 aliphatic carbocycles. The number of rotatable bonds is 8. The fraction of sp³-hybridized carbons (Fsp3) is 0.636. The van der Waals surface area contributed by atoms with Crippen LogP contribution < -0.4 is 0 Å². The molecule has 2 N–H and O–H groups in total. The topological polar surface area (TPSA) is 87.1 Å². The van der Waals surface area contributed by atoms with Crippen molar-refractivity contribution < 1.29 is 28.9 Å². The lowest BCUT2D eigenvalue weighted by atomic mass is 9.49. The largest absolute Gasteiger partial charge is 0.450 e. The van der Waals surface area contributed by atoms with Crippen molar-refractivity contribution in [2.24, 2.45) is 28.6 Å². The van der Waals surface area contributed by atoms with E-state index in [1.807, 2.05) is 30.0 Å². The number of benzene rings is 2. The van der Waals surface area contributed by atoms with Crippen LogP contribution in [0.3, 0.4) is 0 Å². The first-order chi connectivity index (χ1) is 24.8. The summed E-state index contributed by atoms with van der Waals surface area (Å²) in [6, 6.07) is 10.3. The summed E-state index contributed by atoms with van der Waals surface area (Å²) < 4.78 is 20.7. The van der Waals surface area contributed by atoms with Gasteiger partial charge in [0.15, 0.2) is 5.78 Å². The zero-order valence-corrected chi connectivity index (χ0v) is 32.0. The number of fused-ring (bicyclic) bond motifs is 8. The molecule has 52 heavy (non-hydrogen) atoms. The van der Waals surface area contributed by atoms with Crippen LogP contribution >= 0.6 is 11.6 Å². The molecule has 8 heteroatoms. The average Bonchev–Trinajstić information content (AvgIpc) is 3.33. The molecule has 4 atom stereocenters.